The molecule has 3 amide bonds. The molecule has 178 valence electrons. The molecule has 0 bridgehead atoms. The van der Waals surface area contributed by atoms with Gasteiger partial charge in [-0.15, -0.1) is 0 Å². The van der Waals surface area contributed by atoms with Gasteiger partial charge in [0.2, 0.25) is 17.7 Å². The van der Waals surface area contributed by atoms with Crippen LogP contribution in [0.3, 0.4) is 0 Å². The number of nitrogens with one attached hydrogen (secondary N) is 4. The number of rotatable bonds is 14. The number of imidazole rings is 1. The summed E-state index contributed by atoms with van der Waals surface area (Å²) in [6.07, 6.45) is 3.22. The van der Waals surface area contributed by atoms with Gasteiger partial charge in [0, 0.05) is 24.9 Å². The van der Waals surface area contributed by atoms with E-state index in [-0.39, 0.29) is 25.3 Å². The highest BCUT2D eigenvalue weighted by molar-refractivity contribution is 5.93. The van der Waals surface area contributed by atoms with Crippen molar-refractivity contribution in [3.05, 3.63) is 18.2 Å². The maximum atomic E-state index is 12.9. The minimum atomic E-state index is -1.26. The Labute approximate surface area is 183 Å². The summed E-state index contributed by atoms with van der Waals surface area (Å²) in [6.45, 7) is -1.09. The molecular formula is C17H29N9O6. The van der Waals surface area contributed by atoms with Gasteiger partial charge in [-0.05, 0) is 12.8 Å². The first-order chi connectivity index (χ1) is 15.1. The smallest absolute Gasteiger partial charge is 0.322 e. The van der Waals surface area contributed by atoms with E-state index in [1.807, 2.05) is 0 Å². The first-order valence-electron chi connectivity index (χ1n) is 9.63. The number of carboxylic acid groups (broad SMARTS) is 1. The number of guanidine groups is 1. The molecule has 0 aliphatic heterocycles. The predicted octanol–water partition coefficient (Wildman–Crippen LogP) is -4.50. The van der Waals surface area contributed by atoms with Crippen LogP contribution in [0.1, 0.15) is 18.5 Å². The lowest BCUT2D eigenvalue weighted by molar-refractivity contribution is -0.138. The van der Waals surface area contributed by atoms with E-state index in [9.17, 15) is 19.2 Å². The second kappa shape index (κ2) is 13.6. The van der Waals surface area contributed by atoms with Gasteiger partial charge >= 0.3 is 5.97 Å². The summed E-state index contributed by atoms with van der Waals surface area (Å²) in [5.74, 6) is -3.62. The van der Waals surface area contributed by atoms with Crippen LogP contribution in [0, 0.1) is 0 Å². The monoisotopic (exact) mass is 455 g/mol. The van der Waals surface area contributed by atoms with Crippen LogP contribution in [0.4, 0.5) is 0 Å². The Morgan fingerprint density at radius 1 is 1.12 bits per heavy atom. The van der Waals surface area contributed by atoms with Gasteiger partial charge in [-0.25, -0.2) is 4.98 Å². The molecule has 1 aromatic rings. The number of H-pyrrole nitrogens is 1. The minimum Gasteiger partial charge on any atom is -0.480 e. The topological polar surface area (TPSA) is 264 Å². The molecule has 0 radical (unpaired) electrons. The molecule has 0 spiro atoms. The summed E-state index contributed by atoms with van der Waals surface area (Å²) < 4.78 is 0. The predicted molar refractivity (Wildman–Crippen MR) is 112 cm³/mol. The van der Waals surface area contributed by atoms with Crippen LogP contribution in [0.5, 0.6) is 0 Å². The highest BCUT2D eigenvalue weighted by Crippen LogP contribution is 2.04. The Bertz CT molecular complexity index is 794. The first-order valence-corrected chi connectivity index (χ1v) is 9.63. The Kier molecular flexibility index (Phi) is 11.1. The molecule has 0 saturated heterocycles. The lowest BCUT2D eigenvalue weighted by atomic mass is 10.1. The SMILES string of the molecule is NC(N)=NCCCC(NC(=O)C(Cc1cnc[nH]1)NC(=O)C(N)CO)C(=O)NCC(=O)O. The third-order valence-corrected chi connectivity index (χ3v) is 4.14. The Morgan fingerprint density at radius 2 is 1.81 bits per heavy atom. The van der Waals surface area contributed by atoms with E-state index in [2.05, 4.69) is 30.9 Å². The number of nitrogens with two attached hydrogens (primary N) is 3. The van der Waals surface area contributed by atoms with Gasteiger partial charge in [0.05, 0.1) is 12.9 Å². The van der Waals surface area contributed by atoms with Gasteiger partial charge in [-0.2, -0.15) is 0 Å². The second-order valence-corrected chi connectivity index (χ2v) is 6.75. The molecule has 32 heavy (non-hydrogen) atoms. The molecule has 0 aliphatic carbocycles. The summed E-state index contributed by atoms with van der Waals surface area (Å²) in [7, 11) is 0. The Hall–Kier alpha value is -3.72. The van der Waals surface area contributed by atoms with Crippen molar-refractivity contribution in [3.8, 4) is 0 Å². The van der Waals surface area contributed by atoms with Crippen LogP contribution in [0.25, 0.3) is 0 Å². The zero-order valence-electron chi connectivity index (χ0n) is 17.3. The average molecular weight is 455 g/mol. The van der Waals surface area contributed by atoms with Crippen LogP contribution >= 0.6 is 0 Å². The van der Waals surface area contributed by atoms with Crippen molar-refractivity contribution in [2.45, 2.75) is 37.4 Å². The Morgan fingerprint density at radius 3 is 2.38 bits per heavy atom. The van der Waals surface area contributed by atoms with Crippen LogP contribution in [0.2, 0.25) is 0 Å². The van der Waals surface area contributed by atoms with Crippen molar-refractivity contribution in [1.82, 2.24) is 25.9 Å². The number of aliphatic hydroxyl groups excluding tert-OH is 1. The third kappa shape index (κ3) is 9.86. The lowest BCUT2D eigenvalue weighted by Gasteiger charge is -2.23. The number of carbonyl (C=O) groups excluding carboxylic acids is 3. The molecule has 3 atom stereocenters. The fourth-order valence-electron chi connectivity index (χ4n) is 2.52. The molecule has 0 saturated carbocycles. The molecule has 1 rings (SSSR count). The number of hydrogen-bond acceptors (Lipinski definition) is 8. The molecule has 12 N–H and O–H groups in total. The van der Waals surface area contributed by atoms with E-state index in [1.54, 1.807) is 0 Å². The van der Waals surface area contributed by atoms with E-state index in [0.717, 1.165) is 0 Å². The van der Waals surface area contributed by atoms with Crippen LogP contribution in [-0.2, 0) is 25.6 Å². The highest BCUT2D eigenvalue weighted by atomic mass is 16.4. The molecule has 1 heterocycles. The van der Waals surface area contributed by atoms with Crippen molar-refractivity contribution in [2.75, 3.05) is 19.7 Å². The minimum absolute atomic E-state index is 0.00676. The van der Waals surface area contributed by atoms with Gasteiger partial charge in [-0.1, -0.05) is 0 Å². The zero-order valence-corrected chi connectivity index (χ0v) is 17.3. The molecule has 3 unspecified atom stereocenters. The van der Waals surface area contributed by atoms with Crippen molar-refractivity contribution >= 4 is 29.7 Å². The fraction of sp³-hybridized carbons (Fsp3) is 0.529. The largest absolute Gasteiger partial charge is 0.480 e. The van der Waals surface area contributed by atoms with Crippen molar-refractivity contribution < 1.29 is 29.4 Å². The van der Waals surface area contributed by atoms with E-state index in [4.69, 9.17) is 27.4 Å². The van der Waals surface area contributed by atoms with Gasteiger partial charge in [0.15, 0.2) is 5.96 Å². The number of carboxylic acids is 1. The number of aromatic nitrogens is 2. The molecular weight excluding hydrogens is 426 g/mol. The van der Waals surface area contributed by atoms with Crippen LogP contribution < -0.4 is 33.2 Å². The number of aliphatic hydroxyl groups is 1. The summed E-state index contributed by atoms with van der Waals surface area (Å²) in [6, 6.07) is -3.53. The maximum Gasteiger partial charge on any atom is 0.322 e. The number of amides is 3. The molecule has 15 nitrogen and oxygen atoms in total. The Balaban J connectivity index is 2.93. The summed E-state index contributed by atoms with van der Waals surface area (Å²) in [5, 5.41) is 24.9. The third-order valence-electron chi connectivity index (χ3n) is 4.14. The average Bonchev–Trinajstić information content (AvgIpc) is 3.25. The number of aromatic amines is 1. The van der Waals surface area contributed by atoms with Crippen molar-refractivity contribution in [3.63, 3.8) is 0 Å². The van der Waals surface area contributed by atoms with E-state index in [1.165, 1.54) is 12.5 Å². The van der Waals surface area contributed by atoms with Gasteiger partial charge in [-0.3, -0.25) is 24.2 Å². The standard InChI is InChI=1S/C17H29N9O6/c18-10(7-27)14(30)26-12(4-9-5-21-8-24-9)16(32)25-11(2-1-3-22-17(19)20)15(31)23-6-13(28)29/h5,8,10-12,27H,1-4,6-7,18H2,(H,21,24)(H,23,31)(H,25,32)(H,26,30)(H,28,29)(H4,19,20,22). The number of hydrogen-bond donors (Lipinski definition) is 9. The normalized spacial score (nSPS) is 13.3. The molecule has 15 heteroatoms. The lowest BCUT2D eigenvalue weighted by Crippen LogP contribution is -2.57. The number of aliphatic imine (C=N–C) groups is 1. The summed E-state index contributed by atoms with van der Waals surface area (Å²) in [4.78, 5) is 58.6. The maximum absolute atomic E-state index is 12.9. The molecule has 0 aliphatic rings. The first kappa shape index (κ1) is 26.3. The zero-order chi connectivity index (χ0) is 24.1. The quantitative estimate of drug-likeness (QED) is 0.0736. The van der Waals surface area contributed by atoms with E-state index >= 15 is 0 Å². The number of aliphatic carboxylic acids is 1. The summed E-state index contributed by atoms with van der Waals surface area (Å²) >= 11 is 0. The van der Waals surface area contributed by atoms with E-state index < -0.39 is 55.0 Å². The summed E-state index contributed by atoms with van der Waals surface area (Å²) in [5.41, 5.74) is 16.5. The van der Waals surface area contributed by atoms with Gasteiger partial charge < -0.3 is 48.3 Å². The highest BCUT2D eigenvalue weighted by Gasteiger charge is 2.28. The van der Waals surface area contributed by atoms with Gasteiger partial charge in [0.1, 0.15) is 24.7 Å². The van der Waals surface area contributed by atoms with Crippen molar-refractivity contribution in [2.24, 2.45) is 22.2 Å². The van der Waals surface area contributed by atoms with Gasteiger partial charge in [0.25, 0.3) is 0 Å². The number of nitrogens with zero attached hydrogens (tertiary/aromatic N) is 2. The van der Waals surface area contributed by atoms with Crippen LogP contribution in [0.15, 0.2) is 17.5 Å². The molecule has 0 aromatic carbocycles. The fourth-order valence-corrected chi connectivity index (χ4v) is 2.52. The second-order valence-electron chi connectivity index (χ2n) is 6.75. The van der Waals surface area contributed by atoms with E-state index in [0.29, 0.717) is 12.1 Å². The molecule has 0 fully saturated rings. The number of carbonyl (C=O) groups is 4. The van der Waals surface area contributed by atoms with Crippen molar-refractivity contribution in [1.29, 1.82) is 0 Å². The molecule has 1 aromatic heterocycles. The van der Waals surface area contributed by atoms with Crippen LogP contribution in [-0.4, -0.2) is 87.7 Å².